The number of rotatable bonds is 0. The van der Waals surface area contributed by atoms with Crippen LogP contribution in [0.2, 0.25) is 0 Å². The Morgan fingerprint density at radius 3 is 1.73 bits per heavy atom. The van der Waals surface area contributed by atoms with Gasteiger partial charge < -0.3 is 5.11 Å². The summed E-state index contributed by atoms with van der Waals surface area (Å²) in [4.78, 5) is 0. The van der Waals surface area contributed by atoms with Crippen molar-refractivity contribution in [3.63, 3.8) is 0 Å². The van der Waals surface area contributed by atoms with Gasteiger partial charge in [0, 0.05) is 21.1 Å². The van der Waals surface area contributed by atoms with Crippen LogP contribution >= 0.6 is 0 Å². The second-order valence-electron chi connectivity index (χ2n) is 2.75. The van der Waals surface area contributed by atoms with Gasteiger partial charge >= 0.3 is 0 Å². The van der Waals surface area contributed by atoms with Gasteiger partial charge in [-0.15, -0.1) is 0 Å². The van der Waals surface area contributed by atoms with E-state index in [4.69, 9.17) is 0 Å². The van der Waals surface area contributed by atoms with Crippen LogP contribution in [0.4, 0.5) is 0 Å². The van der Waals surface area contributed by atoms with E-state index in [9.17, 15) is 5.11 Å². The van der Waals surface area contributed by atoms with Crippen LogP contribution in [0.15, 0.2) is 12.1 Å². The van der Waals surface area contributed by atoms with E-state index < -0.39 is 0 Å². The van der Waals surface area contributed by atoms with Crippen molar-refractivity contribution in [2.75, 3.05) is 0 Å². The molecule has 1 aromatic rings. The zero-order valence-corrected chi connectivity index (χ0v) is 9.19. The topological polar surface area (TPSA) is 20.2 Å². The Labute approximate surface area is 81.7 Å². The fourth-order valence-corrected chi connectivity index (χ4v) is 1.17. The number of hydrogen-bond donors (Lipinski definition) is 1. The Morgan fingerprint density at radius 1 is 1.00 bits per heavy atom. The minimum atomic E-state index is 0. The van der Waals surface area contributed by atoms with E-state index in [1.807, 2.05) is 32.9 Å². The average Bonchev–Trinajstić information content (AvgIpc) is 1.82. The van der Waals surface area contributed by atoms with E-state index >= 15 is 0 Å². The summed E-state index contributed by atoms with van der Waals surface area (Å²) >= 11 is 0. The van der Waals surface area contributed by atoms with Crippen molar-refractivity contribution in [2.24, 2.45) is 0 Å². The molecule has 1 aromatic carbocycles. The Morgan fingerprint density at radius 2 is 1.36 bits per heavy atom. The van der Waals surface area contributed by atoms with E-state index in [1.54, 1.807) is 0 Å². The number of aryl methyl sites for hydroxylation is 3. The van der Waals surface area contributed by atoms with E-state index in [0.29, 0.717) is 5.75 Å². The first-order valence-corrected chi connectivity index (χ1v) is 3.38. The summed E-state index contributed by atoms with van der Waals surface area (Å²) in [5.74, 6) is 0.422. The SMILES string of the molecule is Cc1cc(C)c(O)c(C)c1.[Pt]. The summed E-state index contributed by atoms with van der Waals surface area (Å²) in [6.07, 6.45) is 0. The average molecular weight is 331 g/mol. The molecule has 1 rings (SSSR count). The van der Waals surface area contributed by atoms with Crippen LogP contribution in [0.3, 0.4) is 0 Å². The van der Waals surface area contributed by atoms with Crippen LogP contribution in [0.1, 0.15) is 16.7 Å². The number of aromatic hydroxyl groups is 1. The third-order valence-corrected chi connectivity index (χ3v) is 1.64. The first-order valence-electron chi connectivity index (χ1n) is 3.38. The van der Waals surface area contributed by atoms with Crippen molar-refractivity contribution in [1.29, 1.82) is 0 Å². The molecular weight excluding hydrogens is 319 g/mol. The van der Waals surface area contributed by atoms with E-state index in [2.05, 4.69) is 0 Å². The molecule has 0 amide bonds. The van der Waals surface area contributed by atoms with Crippen LogP contribution in [0.5, 0.6) is 5.75 Å². The molecule has 0 aliphatic rings. The summed E-state index contributed by atoms with van der Waals surface area (Å²) in [7, 11) is 0. The fourth-order valence-electron chi connectivity index (χ4n) is 1.17. The Bertz CT molecular complexity index is 233. The molecule has 11 heavy (non-hydrogen) atoms. The molecule has 0 saturated carbocycles. The monoisotopic (exact) mass is 331 g/mol. The van der Waals surface area contributed by atoms with Crippen molar-refractivity contribution in [3.8, 4) is 5.75 Å². The van der Waals surface area contributed by atoms with Crippen molar-refractivity contribution in [1.82, 2.24) is 0 Å². The van der Waals surface area contributed by atoms with Gasteiger partial charge in [0.1, 0.15) is 5.75 Å². The Hall–Kier alpha value is -0.292. The first kappa shape index (κ1) is 10.7. The van der Waals surface area contributed by atoms with Crippen molar-refractivity contribution >= 4 is 0 Å². The van der Waals surface area contributed by atoms with Gasteiger partial charge in [0.25, 0.3) is 0 Å². The molecule has 2 heteroatoms. The third kappa shape index (κ3) is 2.34. The van der Waals surface area contributed by atoms with Crippen molar-refractivity contribution < 1.29 is 26.2 Å². The van der Waals surface area contributed by atoms with E-state index in [-0.39, 0.29) is 21.1 Å². The standard InChI is InChI=1S/C9H12O.Pt/c1-6-4-7(2)9(10)8(3)5-6;/h4-5,10H,1-3H3;. The maximum absolute atomic E-state index is 9.33. The minimum Gasteiger partial charge on any atom is -0.507 e. The molecule has 0 fully saturated rings. The van der Waals surface area contributed by atoms with E-state index in [1.165, 1.54) is 5.56 Å². The largest absolute Gasteiger partial charge is 0.507 e. The first-order chi connectivity index (χ1) is 4.61. The van der Waals surface area contributed by atoms with Gasteiger partial charge in [-0.2, -0.15) is 0 Å². The Kier molecular flexibility index (Phi) is 3.81. The number of phenols is 1. The van der Waals surface area contributed by atoms with Gasteiger partial charge in [-0.25, -0.2) is 0 Å². The summed E-state index contributed by atoms with van der Waals surface area (Å²) in [5, 5.41) is 9.33. The summed E-state index contributed by atoms with van der Waals surface area (Å²) in [6, 6.07) is 3.95. The van der Waals surface area contributed by atoms with Gasteiger partial charge in [0.05, 0.1) is 0 Å². The predicted octanol–water partition coefficient (Wildman–Crippen LogP) is 2.31. The number of hydrogen-bond acceptors (Lipinski definition) is 1. The molecular formula is C9H12OPt. The molecule has 1 N–H and O–H groups in total. The summed E-state index contributed by atoms with van der Waals surface area (Å²) in [5.41, 5.74) is 3.11. The van der Waals surface area contributed by atoms with Crippen LogP contribution in [0, 0.1) is 20.8 Å². The van der Waals surface area contributed by atoms with Crippen LogP contribution in [-0.4, -0.2) is 5.11 Å². The van der Waals surface area contributed by atoms with Crippen LogP contribution < -0.4 is 0 Å². The molecule has 0 aliphatic carbocycles. The number of phenolic OH excluding ortho intramolecular Hbond substituents is 1. The quantitative estimate of drug-likeness (QED) is 0.774. The molecule has 1 nitrogen and oxygen atoms in total. The van der Waals surface area contributed by atoms with Gasteiger partial charge in [-0.05, 0) is 31.9 Å². The zero-order chi connectivity index (χ0) is 7.72. The molecule has 0 atom stereocenters. The second-order valence-corrected chi connectivity index (χ2v) is 2.75. The predicted molar refractivity (Wildman–Crippen MR) is 42.3 cm³/mol. The molecule has 0 spiro atoms. The maximum atomic E-state index is 9.33. The molecule has 0 unspecified atom stereocenters. The van der Waals surface area contributed by atoms with Gasteiger partial charge in [-0.1, -0.05) is 17.7 Å². The molecule has 0 saturated heterocycles. The molecule has 0 radical (unpaired) electrons. The van der Waals surface area contributed by atoms with Crippen molar-refractivity contribution in [2.45, 2.75) is 20.8 Å². The summed E-state index contributed by atoms with van der Waals surface area (Å²) < 4.78 is 0. The van der Waals surface area contributed by atoms with Gasteiger partial charge in [0.2, 0.25) is 0 Å². The Balaban J connectivity index is 0.000001000. The third-order valence-electron chi connectivity index (χ3n) is 1.64. The maximum Gasteiger partial charge on any atom is 0.121 e. The smallest absolute Gasteiger partial charge is 0.121 e. The molecule has 0 aromatic heterocycles. The fraction of sp³-hybridized carbons (Fsp3) is 0.333. The van der Waals surface area contributed by atoms with Crippen molar-refractivity contribution in [3.05, 3.63) is 28.8 Å². The molecule has 64 valence electrons. The number of benzene rings is 1. The van der Waals surface area contributed by atoms with Gasteiger partial charge in [0.15, 0.2) is 0 Å². The second kappa shape index (κ2) is 3.92. The van der Waals surface area contributed by atoms with E-state index in [0.717, 1.165) is 11.1 Å². The minimum absolute atomic E-state index is 0. The summed E-state index contributed by atoms with van der Waals surface area (Å²) in [6.45, 7) is 5.85. The molecule has 0 bridgehead atoms. The zero-order valence-electron chi connectivity index (χ0n) is 6.92. The normalized spacial score (nSPS) is 9.00. The van der Waals surface area contributed by atoms with Crippen LogP contribution in [-0.2, 0) is 21.1 Å². The van der Waals surface area contributed by atoms with Crippen LogP contribution in [0.25, 0.3) is 0 Å². The molecule has 0 aliphatic heterocycles. The molecule has 0 heterocycles. The van der Waals surface area contributed by atoms with Gasteiger partial charge in [-0.3, -0.25) is 0 Å².